The van der Waals surface area contributed by atoms with E-state index in [1.165, 1.54) is 11.3 Å². The van der Waals surface area contributed by atoms with Crippen molar-refractivity contribution >= 4 is 40.0 Å². The van der Waals surface area contributed by atoms with E-state index in [9.17, 15) is 14.4 Å². The van der Waals surface area contributed by atoms with Crippen LogP contribution in [-0.4, -0.2) is 71.6 Å². The van der Waals surface area contributed by atoms with Crippen LogP contribution < -0.4 is 14.8 Å². The van der Waals surface area contributed by atoms with E-state index in [2.05, 4.69) is 30.6 Å². The van der Waals surface area contributed by atoms with Gasteiger partial charge in [-0.3, -0.25) is 9.59 Å². The molecule has 11 heteroatoms. The lowest BCUT2D eigenvalue weighted by molar-refractivity contribution is -0.150. The highest BCUT2D eigenvalue weighted by atomic mass is 32.1. The maximum Gasteiger partial charge on any atom is 0.332 e. The predicted octanol–water partition coefficient (Wildman–Crippen LogP) is 5.90. The molecule has 10 nitrogen and oxygen atoms in total. The highest BCUT2D eigenvalue weighted by Crippen LogP contribution is 2.47. The number of fused-ring (bicyclic) bond motifs is 3. The van der Waals surface area contributed by atoms with Crippen LogP contribution in [-0.2, 0) is 19.1 Å². The first-order valence-corrected chi connectivity index (χ1v) is 17.5. The molecule has 2 saturated carbocycles. The molecule has 47 heavy (non-hydrogen) atoms. The molecule has 2 fully saturated rings. The zero-order valence-electron chi connectivity index (χ0n) is 27.8. The number of methoxy groups -OCH3 is 1. The zero-order valence-corrected chi connectivity index (χ0v) is 28.6. The summed E-state index contributed by atoms with van der Waals surface area (Å²) in [6, 6.07) is 7.56. The molecule has 5 unspecified atom stereocenters. The van der Waals surface area contributed by atoms with Gasteiger partial charge in [0, 0.05) is 42.4 Å². The lowest BCUT2D eigenvalue weighted by atomic mass is 9.93. The van der Waals surface area contributed by atoms with Crippen molar-refractivity contribution in [1.29, 1.82) is 0 Å². The zero-order chi connectivity index (χ0) is 33.3. The number of hydrogen-bond donors (Lipinski definition) is 1. The van der Waals surface area contributed by atoms with Crippen LogP contribution in [0, 0.1) is 17.8 Å². The van der Waals surface area contributed by atoms with E-state index in [1.54, 1.807) is 26.0 Å². The topological polar surface area (TPSA) is 120 Å². The largest absolute Gasteiger partial charge is 0.497 e. The van der Waals surface area contributed by atoms with Gasteiger partial charge in [0.2, 0.25) is 11.8 Å². The van der Waals surface area contributed by atoms with Gasteiger partial charge >= 0.3 is 5.97 Å². The number of allylic oxidation sites excluding steroid dienone is 1. The Balaban J connectivity index is 1.32. The average molecular weight is 661 g/mol. The van der Waals surface area contributed by atoms with Gasteiger partial charge in [-0.2, -0.15) is 0 Å². The van der Waals surface area contributed by atoms with Crippen LogP contribution in [0.5, 0.6) is 11.5 Å². The molecule has 2 aromatic heterocycles. The first kappa shape index (κ1) is 32.9. The normalized spacial score (nSPS) is 27.1. The fourth-order valence-electron chi connectivity index (χ4n) is 6.80. The number of nitrogens with one attached hydrogen (secondary N) is 1. The van der Waals surface area contributed by atoms with Gasteiger partial charge in [0.25, 0.3) is 0 Å². The molecule has 6 rings (SSSR count). The lowest BCUT2D eigenvalue weighted by Crippen LogP contribution is -2.50. The SMILES string of the molecule is CCOC(=O)C12CC1/C=C/CCCCN(C)C(=O)C1CC(Oc3cc(-c4nc(C(C)C)cs4)nc4cc(OC)ccc34)CC1C(=O)N2. The summed E-state index contributed by atoms with van der Waals surface area (Å²) in [5.74, 6) is -0.596. The number of pyridine rings is 1. The van der Waals surface area contributed by atoms with Crippen molar-refractivity contribution < 1.29 is 28.6 Å². The Kier molecular flexibility index (Phi) is 9.55. The minimum atomic E-state index is -1.09. The Hall–Kier alpha value is -3.99. The Labute approximate surface area is 279 Å². The van der Waals surface area contributed by atoms with Crippen molar-refractivity contribution in [3.8, 4) is 22.2 Å². The second kappa shape index (κ2) is 13.6. The second-order valence-electron chi connectivity index (χ2n) is 13.2. The second-order valence-corrected chi connectivity index (χ2v) is 14.1. The van der Waals surface area contributed by atoms with Gasteiger partial charge in [-0.25, -0.2) is 14.8 Å². The summed E-state index contributed by atoms with van der Waals surface area (Å²) in [5.41, 5.74) is 1.29. The molecule has 3 aliphatic rings. The van der Waals surface area contributed by atoms with E-state index < -0.39 is 29.4 Å². The van der Waals surface area contributed by atoms with Crippen LogP contribution in [0.1, 0.15) is 70.9 Å². The molecular formula is C36H44N4O6S. The molecule has 250 valence electrons. The van der Waals surface area contributed by atoms with Gasteiger partial charge in [0.1, 0.15) is 33.8 Å². The smallest absolute Gasteiger partial charge is 0.332 e. The highest BCUT2D eigenvalue weighted by molar-refractivity contribution is 7.13. The van der Waals surface area contributed by atoms with Crippen LogP contribution >= 0.6 is 11.3 Å². The summed E-state index contributed by atoms with van der Waals surface area (Å²) < 4.78 is 17.6. The molecule has 1 aromatic carbocycles. The Morgan fingerprint density at radius 1 is 1.15 bits per heavy atom. The predicted molar refractivity (Wildman–Crippen MR) is 180 cm³/mol. The average Bonchev–Trinajstić information content (AvgIpc) is 3.36. The Bertz CT molecular complexity index is 1690. The maximum atomic E-state index is 14.0. The van der Waals surface area contributed by atoms with Gasteiger partial charge in [-0.1, -0.05) is 26.0 Å². The number of ether oxygens (including phenoxy) is 3. The summed E-state index contributed by atoms with van der Waals surface area (Å²) in [7, 11) is 3.42. The van der Waals surface area contributed by atoms with Crippen LogP contribution in [0.2, 0.25) is 0 Å². The minimum Gasteiger partial charge on any atom is -0.497 e. The van der Waals surface area contributed by atoms with Gasteiger partial charge in [0.15, 0.2) is 0 Å². The number of carbonyl (C=O) groups excluding carboxylic acids is 3. The minimum absolute atomic E-state index is 0.0737. The summed E-state index contributed by atoms with van der Waals surface area (Å²) in [5, 5.41) is 6.70. The summed E-state index contributed by atoms with van der Waals surface area (Å²) in [6.45, 7) is 6.82. The van der Waals surface area contributed by atoms with Crippen LogP contribution in [0.25, 0.3) is 21.6 Å². The molecule has 3 aromatic rings. The Morgan fingerprint density at radius 2 is 1.96 bits per heavy atom. The van der Waals surface area contributed by atoms with Gasteiger partial charge in [0.05, 0.1) is 36.8 Å². The molecule has 2 aliphatic carbocycles. The summed E-state index contributed by atoms with van der Waals surface area (Å²) in [4.78, 5) is 52.5. The number of nitrogens with zero attached hydrogens (tertiary/aromatic N) is 3. The maximum absolute atomic E-state index is 14.0. The van der Waals surface area contributed by atoms with Crippen molar-refractivity contribution in [2.24, 2.45) is 17.8 Å². The van der Waals surface area contributed by atoms with Crippen LogP contribution in [0.4, 0.5) is 0 Å². The summed E-state index contributed by atoms with van der Waals surface area (Å²) >= 11 is 1.54. The molecule has 0 bridgehead atoms. The van der Waals surface area contributed by atoms with Gasteiger partial charge in [-0.05, 0) is 63.5 Å². The molecule has 3 heterocycles. The van der Waals surface area contributed by atoms with Crippen molar-refractivity contribution in [3.63, 3.8) is 0 Å². The fourth-order valence-corrected chi connectivity index (χ4v) is 7.74. The molecule has 2 amide bonds. The monoisotopic (exact) mass is 660 g/mol. The number of aromatic nitrogens is 2. The van der Waals surface area contributed by atoms with Crippen LogP contribution in [0.3, 0.4) is 0 Å². The third-order valence-electron chi connectivity index (χ3n) is 9.64. The van der Waals surface area contributed by atoms with Gasteiger partial charge in [-0.15, -0.1) is 11.3 Å². The lowest BCUT2D eigenvalue weighted by Gasteiger charge is -2.26. The standard InChI is InChI=1S/C36H44N4O6S/c1-6-45-35(43)36-19-22(36)11-9-7-8-10-14-40(4)34(42)27-16-24(15-26(27)32(41)39-36)46-31-18-29(33-38-30(20-47-33)21(2)3)37-28-17-23(44-5)12-13-25(28)31/h9,11-13,17-18,20-22,24,26-27H,6-8,10,14-16,19H2,1-5H3,(H,39,41)/b11-9+. The van der Waals surface area contributed by atoms with Crippen molar-refractivity contribution in [2.45, 2.75) is 76.9 Å². The van der Waals surface area contributed by atoms with Crippen molar-refractivity contribution in [1.82, 2.24) is 20.2 Å². The number of rotatable bonds is 7. The van der Waals surface area contributed by atoms with Crippen LogP contribution in [0.15, 0.2) is 41.8 Å². The molecule has 0 radical (unpaired) electrons. The number of carbonyl (C=O) groups is 3. The van der Waals surface area contributed by atoms with E-state index in [0.717, 1.165) is 35.4 Å². The first-order chi connectivity index (χ1) is 22.6. The van der Waals surface area contributed by atoms with E-state index in [-0.39, 0.29) is 30.3 Å². The van der Waals surface area contributed by atoms with E-state index in [0.29, 0.717) is 48.5 Å². The molecule has 5 atom stereocenters. The quantitative estimate of drug-likeness (QED) is 0.246. The third kappa shape index (κ3) is 6.72. The number of hydrogen-bond acceptors (Lipinski definition) is 9. The van der Waals surface area contributed by atoms with E-state index in [4.69, 9.17) is 24.2 Å². The molecule has 1 N–H and O–H groups in total. The number of amides is 2. The molecular weight excluding hydrogens is 616 g/mol. The van der Waals surface area contributed by atoms with Crippen molar-refractivity contribution in [2.75, 3.05) is 27.3 Å². The number of benzene rings is 1. The van der Waals surface area contributed by atoms with Gasteiger partial charge < -0.3 is 24.4 Å². The number of thiazole rings is 1. The molecule has 0 spiro atoms. The summed E-state index contributed by atoms with van der Waals surface area (Å²) in [6.07, 6.45) is 7.52. The fraction of sp³-hybridized carbons (Fsp3) is 0.528. The highest BCUT2D eigenvalue weighted by Gasteiger charge is 2.62. The van der Waals surface area contributed by atoms with E-state index in [1.807, 2.05) is 30.3 Å². The number of esters is 1. The van der Waals surface area contributed by atoms with Crippen molar-refractivity contribution in [3.05, 3.63) is 47.5 Å². The third-order valence-corrected chi connectivity index (χ3v) is 10.5. The molecule has 1 aliphatic heterocycles. The first-order valence-electron chi connectivity index (χ1n) is 16.7. The van der Waals surface area contributed by atoms with E-state index >= 15 is 0 Å². The Morgan fingerprint density at radius 3 is 2.70 bits per heavy atom. The molecule has 0 saturated heterocycles.